The Labute approximate surface area is 138 Å². The summed E-state index contributed by atoms with van der Waals surface area (Å²) < 4.78 is 5.29. The maximum atomic E-state index is 9.36. The number of fused-ring (bicyclic) bond motifs is 1. The highest BCUT2D eigenvalue weighted by Crippen LogP contribution is 2.33. The Morgan fingerprint density at radius 2 is 1.96 bits per heavy atom. The lowest BCUT2D eigenvalue weighted by Gasteiger charge is -2.03. The number of nitrogens with one attached hydrogen (secondary N) is 1. The van der Waals surface area contributed by atoms with E-state index in [4.69, 9.17) is 4.52 Å². The van der Waals surface area contributed by atoms with Crippen molar-refractivity contribution in [2.75, 3.05) is 0 Å². The summed E-state index contributed by atoms with van der Waals surface area (Å²) in [6, 6.07) is 13.9. The van der Waals surface area contributed by atoms with Gasteiger partial charge < -0.3 is 9.63 Å². The van der Waals surface area contributed by atoms with Crippen LogP contribution in [0.4, 0.5) is 0 Å². The summed E-state index contributed by atoms with van der Waals surface area (Å²) in [6.07, 6.45) is 0. The van der Waals surface area contributed by atoms with Gasteiger partial charge in [0.2, 0.25) is 0 Å². The number of rotatable bonds is 3. The molecule has 0 atom stereocenters. The molecule has 2 heterocycles. The maximum absolute atomic E-state index is 9.36. The van der Waals surface area contributed by atoms with E-state index in [2.05, 4.69) is 21.4 Å². The third-order valence-electron chi connectivity index (χ3n) is 4.27. The predicted octanol–water partition coefficient (Wildman–Crippen LogP) is 3.99. The van der Waals surface area contributed by atoms with Crippen LogP contribution in [0, 0.1) is 13.8 Å². The van der Waals surface area contributed by atoms with Gasteiger partial charge in [0.15, 0.2) is 0 Å². The van der Waals surface area contributed by atoms with Crippen LogP contribution in [0.1, 0.15) is 17.0 Å². The van der Waals surface area contributed by atoms with Crippen LogP contribution in [0.25, 0.3) is 33.3 Å². The number of benzene rings is 2. The zero-order chi connectivity index (χ0) is 16.7. The Bertz CT molecular complexity index is 1010. The standard InChI is InChI=1S/C19H17N3O2/c1-11-18(12(2)24-22-11)14-6-7-17-16(9-14)19(21-20-17)15-5-3-4-13(8-15)10-23/h3-9,23H,10H2,1-2H3,(H,20,21). The van der Waals surface area contributed by atoms with Gasteiger partial charge in [-0.3, -0.25) is 5.10 Å². The predicted molar refractivity (Wildman–Crippen MR) is 92.4 cm³/mol. The first-order valence-corrected chi connectivity index (χ1v) is 7.79. The minimum atomic E-state index is 0.0144. The second-order valence-electron chi connectivity index (χ2n) is 5.89. The second-order valence-corrected chi connectivity index (χ2v) is 5.89. The lowest BCUT2D eigenvalue weighted by atomic mass is 9.99. The molecule has 0 unspecified atom stereocenters. The van der Waals surface area contributed by atoms with E-state index in [9.17, 15) is 5.11 Å². The van der Waals surface area contributed by atoms with Gasteiger partial charge in [-0.05, 0) is 43.2 Å². The van der Waals surface area contributed by atoms with Crippen LogP contribution < -0.4 is 0 Å². The molecule has 0 radical (unpaired) electrons. The minimum Gasteiger partial charge on any atom is -0.392 e. The van der Waals surface area contributed by atoms with E-state index in [1.54, 1.807) is 0 Å². The normalized spacial score (nSPS) is 11.3. The van der Waals surface area contributed by atoms with Gasteiger partial charge in [0.1, 0.15) is 5.76 Å². The first kappa shape index (κ1) is 14.7. The van der Waals surface area contributed by atoms with Crippen LogP contribution in [0.2, 0.25) is 0 Å². The van der Waals surface area contributed by atoms with Crippen molar-refractivity contribution in [3.8, 4) is 22.4 Å². The Morgan fingerprint density at radius 1 is 1.08 bits per heavy atom. The molecule has 2 aromatic carbocycles. The van der Waals surface area contributed by atoms with Crippen molar-refractivity contribution in [2.24, 2.45) is 0 Å². The molecule has 0 aliphatic rings. The molecular formula is C19H17N3O2. The molecule has 0 fully saturated rings. The molecule has 5 nitrogen and oxygen atoms in total. The first-order chi connectivity index (χ1) is 11.7. The highest BCUT2D eigenvalue weighted by atomic mass is 16.5. The zero-order valence-electron chi connectivity index (χ0n) is 13.5. The molecule has 120 valence electrons. The van der Waals surface area contributed by atoms with Crippen molar-refractivity contribution >= 4 is 10.9 Å². The van der Waals surface area contributed by atoms with Crippen LogP contribution >= 0.6 is 0 Å². The van der Waals surface area contributed by atoms with Crippen molar-refractivity contribution in [3.05, 3.63) is 59.5 Å². The first-order valence-electron chi connectivity index (χ1n) is 7.79. The van der Waals surface area contributed by atoms with E-state index in [-0.39, 0.29) is 6.61 Å². The topological polar surface area (TPSA) is 74.9 Å². The molecule has 0 aliphatic heterocycles. The van der Waals surface area contributed by atoms with E-state index in [0.29, 0.717) is 0 Å². The van der Waals surface area contributed by atoms with Crippen LogP contribution in [-0.2, 0) is 6.61 Å². The van der Waals surface area contributed by atoms with Gasteiger partial charge >= 0.3 is 0 Å². The SMILES string of the molecule is Cc1noc(C)c1-c1ccc2[nH]nc(-c3cccc(CO)c3)c2c1. The summed E-state index contributed by atoms with van der Waals surface area (Å²) in [6.45, 7) is 3.87. The molecule has 0 spiro atoms. The molecule has 0 bridgehead atoms. The zero-order valence-corrected chi connectivity index (χ0v) is 13.5. The summed E-state index contributed by atoms with van der Waals surface area (Å²) in [5.41, 5.74) is 6.63. The molecule has 0 saturated heterocycles. The average molecular weight is 319 g/mol. The summed E-state index contributed by atoms with van der Waals surface area (Å²) in [4.78, 5) is 0. The minimum absolute atomic E-state index is 0.0144. The molecule has 0 saturated carbocycles. The van der Waals surface area contributed by atoms with E-state index >= 15 is 0 Å². The molecule has 2 N–H and O–H groups in total. The molecule has 0 aliphatic carbocycles. The summed E-state index contributed by atoms with van der Waals surface area (Å²) in [5, 5.41) is 22.0. The number of aromatic amines is 1. The fraction of sp³-hybridized carbons (Fsp3) is 0.158. The van der Waals surface area contributed by atoms with Crippen LogP contribution in [0.5, 0.6) is 0 Å². The van der Waals surface area contributed by atoms with E-state index in [1.165, 1.54) is 0 Å². The summed E-state index contributed by atoms with van der Waals surface area (Å²) >= 11 is 0. The monoisotopic (exact) mass is 319 g/mol. The number of aliphatic hydroxyl groups excluding tert-OH is 1. The van der Waals surface area contributed by atoms with E-state index in [0.717, 1.165) is 50.3 Å². The smallest absolute Gasteiger partial charge is 0.141 e. The van der Waals surface area contributed by atoms with Crippen LogP contribution in [0.15, 0.2) is 47.0 Å². The number of nitrogens with zero attached hydrogens (tertiary/aromatic N) is 2. The van der Waals surface area contributed by atoms with Gasteiger partial charge in [0.25, 0.3) is 0 Å². The Hall–Kier alpha value is -2.92. The number of aromatic nitrogens is 3. The van der Waals surface area contributed by atoms with Crippen LogP contribution in [0.3, 0.4) is 0 Å². The van der Waals surface area contributed by atoms with Gasteiger partial charge in [-0.25, -0.2) is 0 Å². The van der Waals surface area contributed by atoms with Crippen molar-refractivity contribution in [1.82, 2.24) is 15.4 Å². The summed E-state index contributed by atoms with van der Waals surface area (Å²) in [7, 11) is 0. The van der Waals surface area contributed by atoms with Crippen molar-refractivity contribution < 1.29 is 9.63 Å². The second kappa shape index (κ2) is 5.62. The average Bonchev–Trinajstić information content (AvgIpc) is 3.17. The van der Waals surface area contributed by atoms with Crippen LogP contribution in [-0.4, -0.2) is 20.5 Å². The Balaban J connectivity index is 1.90. The molecule has 5 heteroatoms. The van der Waals surface area contributed by atoms with E-state index < -0.39 is 0 Å². The number of aliphatic hydroxyl groups is 1. The van der Waals surface area contributed by atoms with Gasteiger partial charge in [-0.15, -0.1) is 0 Å². The number of hydrogen-bond acceptors (Lipinski definition) is 4. The van der Waals surface area contributed by atoms with Crippen molar-refractivity contribution in [3.63, 3.8) is 0 Å². The molecule has 4 rings (SSSR count). The molecule has 2 aromatic heterocycles. The number of aryl methyl sites for hydroxylation is 2. The van der Waals surface area contributed by atoms with Gasteiger partial charge in [0.05, 0.1) is 23.5 Å². The number of H-pyrrole nitrogens is 1. The summed E-state index contributed by atoms with van der Waals surface area (Å²) in [5.74, 6) is 0.805. The van der Waals surface area contributed by atoms with Crippen molar-refractivity contribution in [1.29, 1.82) is 0 Å². The lowest BCUT2D eigenvalue weighted by molar-refractivity contribution is 0.282. The van der Waals surface area contributed by atoms with Gasteiger partial charge in [0, 0.05) is 16.5 Å². The fourth-order valence-corrected chi connectivity index (χ4v) is 3.10. The maximum Gasteiger partial charge on any atom is 0.141 e. The third kappa shape index (κ3) is 2.30. The largest absolute Gasteiger partial charge is 0.392 e. The van der Waals surface area contributed by atoms with E-state index in [1.807, 2.05) is 50.2 Å². The molecule has 4 aromatic rings. The molecular weight excluding hydrogens is 302 g/mol. The van der Waals surface area contributed by atoms with Crippen molar-refractivity contribution in [2.45, 2.75) is 20.5 Å². The van der Waals surface area contributed by atoms with Gasteiger partial charge in [-0.2, -0.15) is 5.10 Å². The third-order valence-corrected chi connectivity index (χ3v) is 4.27. The number of hydrogen-bond donors (Lipinski definition) is 2. The highest BCUT2D eigenvalue weighted by Gasteiger charge is 2.14. The molecule has 24 heavy (non-hydrogen) atoms. The molecule has 0 amide bonds. The van der Waals surface area contributed by atoms with Gasteiger partial charge in [-0.1, -0.05) is 29.4 Å². The highest BCUT2D eigenvalue weighted by molar-refractivity contribution is 5.96. The quantitative estimate of drug-likeness (QED) is 0.598. The fourth-order valence-electron chi connectivity index (χ4n) is 3.10. The Morgan fingerprint density at radius 3 is 2.71 bits per heavy atom. The lowest BCUT2D eigenvalue weighted by Crippen LogP contribution is -1.86. The Kier molecular flexibility index (Phi) is 3.43.